The summed E-state index contributed by atoms with van der Waals surface area (Å²) in [5.74, 6) is -1.94. The summed E-state index contributed by atoms with van der Waals surface area (Å²) in [6.07, 6.45) is 7.05. The number of ether oxygens (including phenoxy) is 2. The molecule has 2 aromatic rings. The van der Waals surface area contributed by atoms with E-state index in [0.717, 1.165) is 6.07 Å². The maximum absolute atomic E-state index is 14.0. The molecule has 1 aromatic carbocycles. The van der Waals surface area contributed by atoms with Crippen LogP contribution < -0.4 is 10.1 Å². The number of halogens is 3. The number of amides is 1. The summed E-state index contributed by atoms with van der Waals surface area (Å²) in [6.45, 7) is 2.15. The SMILES string of the molecule is COCc1nc(C)ncc1OC[C@@]1(C2C=CC(F)=CC2)C[C@H]1C(=O)Nc1ccc(F)cc1F. The summed E-state index contributed by atoms with van der Waals surface area (Å²) in [5, 5.41) is 2.54. The van der Waals surface area contributed by atoms with E-state index in [4.69, 9.17) is 9.47 Å². The standard InChI is InChI=1S/C24H24F3N3O3/c1-14-28-11-22(21(29-14)12-32-2)33-13-24(15-3-5-16(25)6-4-15)10-18(24)23(31)30-20-8-7-17(26)9-19(20)27/h3,5-9,11,15,18H,4,10,12-13H2,1-2H3,(H,30,31)/t15?,18-,24+/m0/s1. The van der Waals surface area contributed by atoms with Crippen LogP contribution in [-0.4, -0.2) is 29.6 Å². The van der Waals surface area contributed by atoms with Gasteiger partial charge in [0, 0.05) is 24.5 Å². The second-order valence-electron chi connectivity index (χ2n) is 8.34. The van der Waals surface area contributed by atoms with Crippen molar-refractivity contribution < 1.29 is 27.4 Å². The zero-order valence-corrected chi connectivity index (χ0v) is 18.3. The van der Waals surface area contributed by atoms with Gasteiger partial charge in [0.15, 0.2) is 5.75 Å². The molecule has 1 heterocycles. The zero-order valence-electron chi connectivity index (χ0n) is 18.3. The molecule has 4 rings (SSSR count). The van der Waals surface area contributed by atoms with Crippen LogP contribution in [0.5, 0.6) is 5.75 Å². The molecular weight excluding hydrogens is 435 g/mol. The number of benzene rings is 1. The fourth-order valence-corrected chi connectivity index (χ4v) is 4.26. The molecule has 1 fully saturated rings. The Morgan fingerprint density at radius 3 is 2.82 bits per heavy atom. The van der Waals surface area contributed by atoms with Gasteiger partial charge in [0.1, 0.15) is 29.0 Å². The van der Waals surface area contributed by atoms with Crippen LogP contribution in [0.2, 0.25) is 0 Å². The third kappa shape index (κ3) is 4.93. The van der Waals surface area contributed by atoms with Crippen LogP contribution in [0.4, 0.5) is 18.9 Å². The molecule has 1 unspecified atom stereocenters. The Labute approximate surface area is 189 Å². The highest BCUT2D eigenvalue weighted by Gasteiger charge is 2.62. The first-order valence-corrected chi connectivity index (χ1v) is 10.6. The average Bonchev–Trinajstić information content (AvgIpc) is 3.52. The van der Waals surface area contributed by atoms with Gasteiger partial charge in [-0.25, -0.2) is 23.1 Å². The average molecular weight is 459 g/mol. The lowest BCUT2D eigenvalue weighted by molar-refractivity contribution is -0.118. The molecule has 2 aliphatic carbocycles. The quantitative estimate of drug-likeness (QED) is 0.622. The van der Waals surface area contributed by atoms with E-state index >= 15 is 0 Å². The lowest BCUT2D eigenvalue weighted by atomic mass is 9.82. The van der Waals surface area contributed by atoms with E-state index in [2.05, 4.69) is 15.3 Å². The minimum absolute atomic E-state index is 0.0949. The molecule has 0 bridgehead atoms. The number of aryl methyl sites for hydroxylation is 1. The molecule has 3 atom stereocenters. The monoisotopic (exact) mass is 459 g/mol. The number of carbonyl (C=O) groups excluding carboxylic acids is 1. The van der Waals surface area contributed by atoms with Gasteiger partial charge in [-0.2, -0.15) is 0 Å². The van der Waals surface area contributed by atoms with Gasteiger partial charge >= 0.3 is 0 Å². The van der Waals surface area contributed by atoms with E-state index in [9.17, 15) is 18.0 Å². The van der Waals surface area contributed by atoms with Crippen molar-refractivity contribution in [3.8, 4) is 5.75 Å². The molecule has 0 saturated heterocycles. The Morgan fingerprint density at radius 1 is 1.30 bits per heavy atom. The van der Waals surface area contributed by atoms with Gasteiger partial charge in [-0.1, -0.05) is 6.08 Å². The molecule has 0 spiro atoms. The van der Waals surface area contributed by atoms with Gasteiger partial charge in [-0.3, -0.25) is 4.79 Å². The Bertz CT molecular complexity index is 1120. The number of nitrogens with one attached hydrogen (secondary N) is 1. The molecule has 6 nitrogen and oxygen atoms in total. The lowest BCUT2D eigenvalue weighted by Gasteiger charge is -2.27. The number of carbonyl (C=O) groups is 1. The Balaban J connectivity index is 1.54. The fourth-order valence-electron chi connectivity index (χ4n) is 4.26. The number of aromatic nitrogens is 2. The molecule has 174 valence electrons. The molecule has 0 aliphatic heterocycles. The molecule has 1 saturated carbocycles. The van der Waals surface area contributed by atoms with Crippen molar-refractivity contribution in [2.75, 3.05) is 19.0 Å². The first kappa shape index (κ1) is 23.0. The third-order valence-electron chi connectivity index (χ3n) is 6.14. The van der Waals surface area contributed by atoms with Crippen LogP contribution in [0.15, 0.2) is 48.5 Å². The summed E-state index contributed by atoms with van der Waals surface area (Å²) in [7, 11) is 1.55. The van der Waals surface area contributed by atoms with Crippen LogP contribution in [0, 0.1) is 35.8 Å². The number of methoxy groups -OCH3 is 1. The minimum atomic E-state index is -0.852. The highest BCUT2D eigenvalue weighted by molar-refractivity contribution is 5.95. The second kappa shape index (κ2) is 9.35. The third-order valence-corrected chi connectivity index (χ3v) is 6.14. The first-order chi connectivity index (χ1) is 15.8. The molecule has 1 aromatic heterocycles. The lowest BCUT2D eigenvalue weighted by Crippen LogP contribution is -2.30. The summed E-state index contributed by atoms with van der Waals surface area (Å²) in [5.41, 5.74) is -0.133. The summed E-state index contributed by atoms with van der Waals surface area (Å²) in [6, 6.07) is 2.97. The summed E-state index contributed by atoms with van der Waals surface area (Å²) < 4.78 is 52.1. The van der Waals surface area contributed by atoms with E-state index in [1.807, 2.05) is 0 Å². The van der Waals surface area contributed by atoms with Gasteiger partial charge in [0.05, 0.1) is 25.1 Å². The molecule has 9 heteroatoms. The topological polar surface area (TPSA) is 73.3 Å². The molecule has 1 N–H and O–H groups in total. The predicted octanol–water partition coefficient (Wildman–Crippen LogP) is 4.66. The van der Waals surface area contributed by atoms with E-state index in [1.54, 1.807) is 26.3 Å². The number of rotatable bonds is 8. The van der Waals surface area contributed by atoms with Crippen molar-refractivity contribution in [2.24, 2.45) is 17.3 Å². The van der Waals surface area contributed by atoms with Crippen molar-refractivity contribution in [1.82, 2.24) is 9.97 Å². The highest BCUT2D eigenvalue weighted by Crippen LogP contribution is 2.60. The Morgan fingerprint density at radius 2 is 2.12 bits per heavy atom. The van der Waals surface area contributed by atoms with Crippen LogP contribution in [0.3, 0.4) is 0 Å². The number of hydrogen-bond acceptors (Lipinski definition) is 5. The Hall–Kier alpha value is -3.20. The van der Waals surface area contributed by atoms with Gasteiger partial charge < -0.3 is 14.8 Å². The van der Waals surface area contributed by atoms with Crippen LogP contribution >= 0.6 is 0 Å². The highest BCUT2D eigenvalue weighted by atomic mass is 19.1. The smallest absolute Gasteiger partial charge is 0.228 e. The normalized spacial score (nSPS) is 23.7. The van der Waals surface area contributed by atoms with Crippen molar-refractivity contribution in [3.63, 3.8) is 0 Å². The largest absolute Gasteiger partial charge is 0.489 e. The first-order valence-electron chi connectivity index (χ1n) is 10.6. The summed E-state index contributed by atoms with van der Waals surface area (Å²) >= 11 is 0. The van der Waals surface area contributed by atoms with E-state index in [1.165, 1.54) is 18.2 Å². The zero-order chi connectivity index (χ0) is 23.6. The van der Waals surface area contributed by atoms with Crippen LogP contribution in [0.1, 0.15) is 24.4 Å². The number of nitrogens with zero attached hydrogens (tertiary/aromatic N) is 2. The van der Waals surface area contributed by atoms with Gasteiger partial charge in [0.25, 0.3) is 0 Å². The van der Waals surface area contributed by atoms with E-state index in [0.29, 0.717) is 36.2 Å². The second-order valence-corrected chi connectivity index (χ2v) is 8.34. The number of allylic oxidation sites excluding steroid dienone is 4. The molecular formula is C24H24F3N3O3. The van der Waals surface area contributed by atoms with Crippen molar-refractivity contribution in [2.45, 2.75) is 26.4 Å². The van der Waals surface area contributed by atoms with E-state index < -0.39 is 28.9 Å². The van der Waals surface area contributed by atoms with Crippen LogP contribution in [0.25, 0.3) is 0 Å². The fraction of sp³-hybridized carbons (Fsp3) is 0.375. The van der Waals surface area contributed by atoms with Crippen molar-refractivity contribution in [1.29, 1.82) is 0 Å². The molecule has 33 heavy (non-hydrogen) atoms. The minimum Gasteiger partial charge on any atom is -0.489 e. The predicted molar refractivity (Wildman–Crippen MR) is 115 cm³/mol. The van der Waals surface area contributed by atoms with Crippen molar-refractivity contribution in [3.05, 3.63) is 71.6 Å². The number of hydrogen-bond donors (Lipinski definition) is 1. The molecule has 0 radical (unpaired) electrons. The summed E-state index contributed by atoms with van der Waals surface area (Å²) in [4.78, 5) is 21.5. The molecule has 2 aliphatic rings. The van der Waals surface area contributed by atoms with Gasteiger partial charge in [-0.15, -0.1) is 0 Å². The van der Waals surface area contributed by atoms with E-state index in [-0.39, 0.29) is 30.6 Å². The van der Waals surface area contributed by atoms with Crippen molar-refractivity contribution >= 4 is 11.6 Å². The van der Waals surface area contributed by atoms with Gasteiger partial charge in [0.2, 0.25) is 5.91 Å². The maximum Gasteiger partial charge on any atom is 0.228 e. The number of anilines is 1. The van der Waals surface area contributed by atoms with Crippen LogP contribution in [-0.2, 0) is 16.1 Å². The van der Waals surface area contributed by atoms with Gasteiger partial charge in [-0.05, 0) is 50.0 Å². The Kier molecular flexibility index (Phi) is 6.51. The molecule has 1 amide bonds. The maximum atomic E-state index is 14.0.